The zero-order valence-electron chi connectivity index (χ0n) is 8.57. The Labute approximate surface area is 90.7 Å². The Kier molecular flexibility index (Phi) is 4.15. The van der Waals surface area contributed by atoms with Crippen molar-refractivity contribution in [1.29, 1.82) is 0 Å². The van der Waals surface area contributed by atoms with E-state index in [4.69, 9.17) is 10.2 Å². The molecule has 1 aliphatic rings. The second-order valence-electron chi connectivity index (χ2n) is 3.91. The molecule has 0 saturated carbocycles. The molecule has 2 N–H and O–H groups in total. The van der Waals surface area contributed by atoms with E-state index in [0.29, 0.717) is 19.4 Å². The van der Waals surface area contributed by atoms with Crippen LogP contribution >= 0.6 is 0 Å². The molecule has 0 aromatic heterocycles. The smallest absolute Gasteiger partial charge is 0.403 e. The third-order valence-electron chi connectivity index (χ3n) is 2.82. The number of aliphatic carboxylic acids is 1. The normalized spacial score (nSPS) is 24.6. The van der Waals surface area contributed by atoms with Gasteiger partial charge in [-0.1, -0.05) is 0 Å². The van der Waals surface area contributed by atoms with E-state index in [-0.39, 0.29) is 12.6 Å². The fourth-order valence-corrected chi connectivity index (χ4v) is 1.90. The number of rotatable bonds is 4. The van der Waals surface area contributed by atoms with E-state index >= 15 is 0 Å². The molecular weight excluding hydrogens is 227 g/mol. The van der Waals surface area contributed by atoms with Crippen LogP contribution in [0, 0.1) is 5.92 Å². The molecule has 0 aromatic rings. The molecule has 1 heterocycles. The van der Waals surface area contributed by atoms with Crippen molar-refractivity contribution >= 4 is 5.97 Å². The van der Waals surface area contributed by atoms with Gasteiger partial charge in [0.05, 0.1) is 6.61 Å². The molecule has 0 spiro atoms. The number of hydrogen-bond acceptors (Lipinski definition) is 3. The summed E-state index contributed by atoms with van der Waals surface area (Å²) >= 11 is 0. The molecule has 1 saturated heterocycles. The van der Waals surface area contributed by atoms with Gasteiger partial charge in [-0.15, -0.1) is 0 Å². The van der Waals surface area contributed by atoms with Crippen LogP contribution in [0.5, 0.6) is 0 Å². The topological polar surface area (TPSA) is 60.8 Å². The van der Waals surface area contributed by atoms with Crippen molar-refractivity contribution in [2.45, 2.75) is 25.1 Å². The minimum Gasteiger partial charge on any atom is -0.481 e. The maximum absolute atomic E-state index is 12.4. The third kappa shape index (κ3) is 3.08. The highest BCUT2D eigenvalue weighted by atomic mass is 19.4. The maximum Gasteiger partial charge on any atom is 0.403 e. The number of aliphatic hydroxyl groups excluding tert-OH is 1. The van der Waals surface area contributed by atoms with Crippen molar-refractivity contribution in [2.24, 2.45) is 5.92 Å². The molecule has 0 radical (unpaired) electrons. The van der Waals surface area contributed by atoms with E-state index in [1.807, 2.05) is 0 Å². The van der Waals surface area contributed by atoms with E-state index in [0.717, 1.165) is 0 Å². The number of carbonyl (C=O) groups is 1. The van der Waals surface area contributed by atoms with Crippen LogP contribution in [0.15, 0.2) is 0 Å². The summed E-state index contributed by atoms with van der Waals surface area (Å²) < 4.78 is 37.2. The standard InChI is InChI=1S/C9H14F3NO3/c10-9(11,12)7(8(15)16)4-13-3-1-2-6(13)5-14/h6-7,14H,1-5H2,(H,15,16). The molecule has 94 valence electrons. The Morgan fingerprint density at radius 2 is 2.12 bits per heavy atom. The van der Waals surface area contributed by atoms with Crippen LogP contribution in [-0.4, -0.2) is 53.0 Å². The van der Waals surface area contributed by atoms with Gasteiger partial charge in [0, 0.05) is 12.6 Å². The van der Waals surface area contributed by atoms with Gasteiger partial charge >= 0.3 is 12.1 Å². The molecular formula is C9H14F3NO3. The molecule has 16 heavy (non-hydrogen) atoms. The van der Waals surface area contributed by atoms with Crippen molar-refractivity contribution in [1.82, 2.24) is 4.90 Å². The van der Waals surface area contributed by atoms with Crippen molar-refractivity contribution in [3.63, 3.8) is 0 Å². The van der Waals surface area contributed by atoms with Crippen LogP contribution in [0.3, 0.4) is 0 Å². The molecule has 1 rings (SSSR count). The average Bonchev–Trinajstić information content (AvgIpc) is 2.58. The second-order valence-corrected chi connectivity index (χ2v) is 3.91. The third-order valence-corrected chi connectivity index (χ3v) is 2.82. The summed E-state index contributed by atoms with van der Waals surface area (Å²) in [5.41, 5.74) is 0. The monoisotopic (exact) mass is 241 g/mol. The Hall–Kier alpha value is -0.820. The quantitative estimate of drug-likeness (QED) is 0.760. The number of aliphatic hydroxyl groups is 1. The lowest BCUT2D eigenvalue weighted by Gasteiger charge is -2.26. The molecule has 1 fully saturated rings. The van der Waals surface area contributed by atoms with Crippen LogP contribution in [-0.2, 0) is 4.79 Å². The fourth-order valence-electron chi connectivity index (χ4n) is 1.90. The molecule has 0 aromatic carbocycles. The van der Waals surface area contributed by atoms with Gasteiger partial charge in [-0.05, 0) is 19.4 Å². The summed E-state index contributed by atoms with van der Waals surface area (Å²) in [6, 6.07) is -0.343. The van der Waals surface area contributed by atoms with E-state index < -0.39 is 24.6 Å². The molecule has 2 unspecified atom stereocenters. The molecule has 7 heteroatoms. The first-order valence-corrected chi connectivity index (χ1v) is 5.00. The van der Waals surface area contributed by atoms with Gasteiger partial charge in [-0.25, -0.2) is 0 Å². The first-order chi connectivity index (χ1) is 7.36. The Balaban J connectivity index is 2.65. The van der Waals surface area contributed by atoms with Crippen molar-refractivity contribution in [3.8, 4) is 0 Å². The lowest BCUT2D eigenvalue weighted by Crippen LogP contribution is -2.44. The summed E-state index contributed by atoms with van der Waals surface area (Å²) in [6.07, 6.45) is -3.44. The predicted molar refractivity (Wildman–Crippen MR) is 48.9 cm³/mol. The molecule has 0 amide bonds. The van der Waals surface area contributed by atoms with Crippen LogP contribution < -0.4 is 0 Å². The summed E-state index contributed by atoms with van der Waals surface area (Å²) in [7, 11) is 0. The Bertz CT molecular complexity index is 257. The van der Waals surface area contributed by atoms with Gasteiger partial charge in [0.25, 0.3) is 0 Å². The van der Waals surface area contributed by atoms with Crippen molar-refractivity contribution < 1.29 is 28.2 Å². The first kappa shape index (κ1) is 13.2. The molecule has 4 nitrogen and oxygen atoms in total. The van der Waals surface area contributed by atoms with Gasteiger partial charge in [-0.3, -0.25) is 9.69 Å². The van der Waals surface area contributed by atoms with Crippen molar-refractivity contribution in [3.05, 3.63) is 0 Å². The number of carboxylic acids is 1. The minimum absolute atomic E-state index is 0.232. The van der Waals surface area contributed by atoms with Gasteiger partial charge in [-0.2, -0.15) is 13.2 Å². The maximum atomic E-state index is 12.4. The molecule has 1 aliphatic heterocycles. The van der Waals surface area contributed by atoms with Crippen LogP contribution in [0.25, 0.3) is 0 Å². The average molecular weight is 241 g/mol. The largest absolute Gasteiger partial charge is 0.481 e. The highest BCUT2D eigenvalue weighted by molar-refractivity contribution is 5.71. The number of likely N-dealkylation sites (tertiary alicyclic amines) is 1. The summed E-state index contributed by atoms with van der Waals surface area (Å²) in [6.45, 7) is -0.403. The predicted octanol–water partition coefficient (Wildman–Crippen LogP) is 0.706. The van der Waals surface area contributed by atoms with Gasteiger partial charge in [0.2, 0.25) is 0 Å². The summed E-state index contributed by atoms with van der Waals surface area (Å²) in [5.74, 6) is -4.24. The SMILES string of the molecule is O=C(O)C(CN1CCCC1CO)C(F)(F)F. The van der Waals surface area contributed by atoms with E-state index in [2.05, 4.69) is 0 Å². The number of halogens is 3. The second kappa shape index (κ2) is 5.01. The van der Waals surface area contributed by atoms with Crippen LogP contribution in [0.1, 0.15) is 12.8 Å². The molecule has 0 bridgehead atoms. The number of hydrogen-bond donors (Lipinski definition) is 2. The van der Waals surface area contributed by atoms with E-state index in [1.54, 1.807) is 0 Å². The van der Waals surface area contributed by atoms with Gasteiger partial charge in [0.15, 0.2) is 5.92 Å². The van der Waals surface area contributed by atoms with Gasteiger partial charge in [0.1, 0.15) is 0 Å². The van der Waals surface area contributed by atoms with Crippen molar-refractivity contribution in [2.75, 3.05) is 19.7 Å². The zero-order chi connectivity index (χ0) is 12.3. The minimum atomic E-state index is -4.74. The molecule has 2 atom stereocenters. The number of nitrogens with zero attached hydrogens (tertiary/aromatic N) is 1. The Morgan fingerprint density at radius 1 is 1.50 bits per heavy atom. The first-order valence-electron chi connectivity index (χ1n) is 5.00. The van der Waals surface area contributed by atoms with E-state index in [1.165, 1.54) is 4.90 Å². The van der Waals surface area contributed by atoms with Crippen LogP contribution in [0.4, 0.5) is 13.2 Å². The lowest BCUT2D eigenvalue weighted by molar-refractivity contribution is -0.197. The summed E-state index contributed by atoms with van der Waals surface area (Å²) in [4.78, 5) is 11.9. The Morgan fingerprint density at radius 3 is 2.56 bits per heavy atom. The van der Waals surface area contributed by atoms with Crippen LogP contribution in [0.2, 0.25) is 0 Å². The molecule has 0 aliphatic carbocycles. The fraction of sp³-hybridized carbons (Fsp3) is 0.889. The highest BCUT2D eigenvalue weighted by Crippen LogP contribution is 2.29. The lowest BCUT2D eigenvalue weighted by atomic mass is 10.1. The van der Waals surface area contributed by atoms with E-state index in [9.17, 15) is 18.0 Å². The number of alkyl halides is 3. The highest BCUT2D eigenvalue weighted by Gasteiger charge is 2.46. The zero-order valence-corrected chi connectivity index (χ0v) is 8.57. The number of carboxylic acid groups (broad SMARTS) is 1. The van der Waals surface area contributed by atoms with Gasteiger partial charge < -0.3 is 10.2 Å². The summed E-state index contributed by atoms with van der Waals surface area (Å²) in [5, 5.41) is 17.4.